The van der Waals surface area contributed by atoms with Crippen LogP contribution in [0.4, 0.5) is 0 Å². The molecule has 6 heteroatoms. The monoisotopic (exact) mass is 353 g/mol. The summed E-state index contributed by atoms with van der Waals surface area (Å²) in [7, 11) is 0. The highest BCUT2D eigenvalue weighted by Crippen LogP contribution is 2.21. The maximum atomic E-state index is 12.6. The number of nitrogens with one attached hydrogen (secondary N) is 3. The lowest BCUT2D eigenvalue weighted by atomic mass is 10.0. The molecule has 25 heavy (non-hydrogen) atoms. The van der Waals surface area contributed by atoms with Gasteiger partial charge in [0, 0.05) is 29.6 Å². The SMILES string of the molecule is O=C(N[C@@H](Cc1c[nH]c2ccccc12)C(=O)NC1CC1)c1cccs1. The first-order chi connectivity index (χ1) is 12.2. The Balaban J connectivity index is 1.55. The van der Waals surface area contributed by atoms with E-state index in [0.29, 0.717) is 11.3 Å². The van der Waals surface area contributed by atoms with Gasteiger partial charge >= 0.3 is 0 Å². The minimum Gasteiger partial charge on any atom is -0.361 e. The normalized spacial score (nSPS) is 15.0. The Morgan fingerprint density at radius 1 is 1.20 bits per heavy atom. The quantitative estimate of drug-likeness (QED) is 0.637. The third-order valence-electron chi connectivity index (χ3n) is 4.39. The summed E-state index contributed by atoms with van der Waals surface area (Å²) >= 11 is 1.37. The average molecular weight is 353 g/mol. The number of carbonyl (C=O) groups excluding carboxylic acids is 2. The van der Waals surface area contributed by atoms with Crippen LogP contribution in [0.5, 0.6) is 0 Å². The van der Waals surface area contributed by atoms with Crippen LogP contribution in [0.3, 0.4) is 0 Å². The summed E-state index contributed by atoms with van der Waals surface area (Å²) in [5.41, 5.74) is 2.06. The maximum Gasteiger partial charge on any atom is 0.262 e. The van der Waals surface area contributed by atoms with Crippen molar-refractivity contribution in [2.75, 3.05) is 0 Å². The zero-order chi connectivity index (χ0) is 17.2. The first-order valence-electron chi connectivity index (χ1n) is 8.40. The van der Waals surface area contributed by atoms with E-state index < -0.39 is 6.04 Å². The standard InChI is InChI=1S/C19H19N3O2S/c23-18(21-13-7-8-13)16(22-19(24)17-6-3-9-25-17)10-12-11-20-15-5-2-1-4-14(12)15/h1-6,9,11,13,16,20H,7-8,10H2,(H,21,23)(H,22,24)/t16-/m0/s1. The molecule has 0 saturated heterocycles. The first kappa shape index (κ1) is 15.9. The maximum absolute atomic E-state index is 12.6. The van der Waals surface area contributed by atoms with Crippen LogP contribution >= 0.6 is 11.3 Å². The average Bonchev–Trinajstić information content (AvgIpc) is 3.12. The molecule has 1 fully saturated rings. The molecule has 2 amide bonds. The van der Waals surface area contributed by atoms with Crippen molar-refractivity contribution in [3.05, 3.63) is 58.4 Å². The molecule has 2 aromatic heterocycles. The van der Waals surface area contributed by atoms with E-state index >= 15 is 0 Å². The van der Waals surface area contributed by atoms with Crippen molar-refractivity contribution in [3.63, 3.8) is 0 Å². The number of fused-ring (bicyclic) bond motifs is 1. The highest BCUT2D eigenvalue weighted by atomic mass is 32.1. The number of benzene rings is 1. The van der Waals surface area contributed by atoms with Crippen LogP contribution in [-0.4, -0.2) is 28.9 Å². The Labute approximate surface area is 149 Å². The minimum absolute atomic E-state index is 0.113. The van der Waals surface area contributed by atoms with Gasteiger partial charge in [0.15, 0.2) is 0 Å². The van der Waals surface area contributed by atoms with Gasteiger partial charge in [0.2, 0.25) is 5.91 Å². The predicted octanol–water partition coefficient (Wildman–Crippen LogP) is 2.85. The number of amides is 2. The topological polar surface area (TPSA) is 74.0 Å². The summed E-state index contributed by atoms with van der Waals surface area (Å²) in [5, 5.41) is 8.84. The molecule has 0 aliphatic heterocycles. The number of thiophene rings is 1. The van der Waals surface area contributed by atoms with Gasteiger partial charge in [0.25, 0.3) is 5.91 Å². The zero-order valence-electron chi connectivity index (χ0n) is 13.6. The number of aromatic amines is 1. The van der Waals surface area contributed by atoms with Crippen molar-refractivity contribution in [1.82, 2.24) is 15.6 Å². The lowest BCUT2D eigenvalue weighted by Gasteiger charge is -2.18. The lowest BCUT2D eigenvalue weighted by Crippen LogP contribution is -2.48. The van der Waals surface area contributed by atoms with Gasteiger partial charge in [0.1, 0.15) is 6.04 Å². The molecule has 3 aromatic rings. The summed E-state index contributed by atoms with van der Waals surface area (Å²) in [6.07, 6.45) is 4.41. The fourth-order valence-corrected chi connectivity index (χ4v) is 3.52. The Morgan fingerprint density at radius 2 is 2.04 bits per heavy atom. The van der Waals surface area contributed by atoms with Gasteiger partial charge in [-0.15, -0.1) is 11.3 Å². The lowest BCUT2D eigenvalue weighted by molar-refractivity contribution is -0.123. The van der Waals surface area contributed by atoms with Crippen LogP contribution in [0, 0.1) is 0 Å². The van der Waals surface area contributed by atoms with E-state index in [4.69, 9.17) is 0 Å². The van der Waals surface area contributed by atoms with E-state index in [0.717, 1.165) is 29.3 Å². The molecule has 3 N–H and O–H groups in total. The molecular weight excluding hydrogens is 334 g/mol. The number of hydrogen-bond donors (Lipinski definition) is 3. The summed E-state index contributed by atoms with van der Waals surface area (Å²) in [4.78, 5) is 28.9. The third-order valence-corrected chi connectivity index (χ3v) is 5.26. The second-order valence-electron chi connectivity index (χ2n) is 6.35. The molecule has 1 aliphatic rings. The van der Waals surface area contributed by atoms with Gasteiger partial charge in [-0.05, 0) is 35.9 Å². The fourth-order valence-electron chi connectivity index (χ4n) is 2.90. The second kappa shape index (κ2) is 6.72. The highest BCUT2D eigenvalue weighted by molar-refractivity contribution is 7.12. The van der Waals surface area contributed by atoms with E-state index in [-0.39, 0.29) is 17.9 Å². The van der Waals surface area contributed by atoms with Crippen LogP contribution in [0.1, 0.15) is 28.1 Å². The molecule has 0 radical (unpaired) electrons. The second-order valence-corrected chi connectivity index (χ2v) is 7.30. The summed E-state index contributed by atoms with van der Waals surface area (Å²) in [6, 6.07) is 11.2. The van der Waals surface area contributed by atoms with Crippen LogP contribution < -0.4 is 10.6 Å². The molecule has 1 saturated carbocycles. The Bertz CT molecular complexity index is 896. The minimum atomic E-state index is -0.589. The molecule has 128 valence electrons. The summed E-state index contributed by atoms with van der Waals surface area (Å²) in [6.45, 7) is 0. The van der Waals surface area contributed by atoms with E-state index in [1.54, 1.807) is 6.07 Å². The van der Waals surface area contributed by atoms with Crippen molar-refractivity contribution in [2.45, 2.75) is 31.3 Å². The smallest absolute Gasteiger partial charge is 0.262 e. The number of H-pyrrole nitrogens is 1. The zero-order valence-corrected chi connectivity index (χ0v) is 14.4. The fraction of sp³-hybridized carbons (Fsp3) is 0.263. The predicted molar refractivity (Wildman–Crippen MR) is 98.7 cm³/mol. The Morgan fingerprint density at radius 3 is 2.80 bits per heavy atom. The molecular formula is C19H19N3O2S. The van der Waals surface area contributed by atoms with Gasteiger partial charge in [-0.25, -0.2) is 0 Å². The Hall–Kier alpha value is -2.60. The number of rotatable bonds is 6. The van der Waals surface area contributed by atoms with Crippen LogP contribution in [0.2, 0.25) is 0 Å². The Kier molecular flexibility index (Phi) is 4.28. The summed E-state index contributed by atoms with van der Waals surface area (Å²) < 4.78 is 0. The molecule has 2 heterocycles. The van der Waals surface area contributed by atoms with Gasteiger partial charge in [-0.2, -0.15) is 0 Å². The van der Waals surface area contributed by atoms with E-state index in [1.165, 1.54) is 11.3 Å². The molecule has 1 aliphatic carbocycles. The third kappa shape index (κ3) is 3.58. The molecule has 0 spiro atoms. The number of aromatic nitrogens is 1. The van der Waals surface area contributed by atoms with Crippen LogP contribution in [-0.2, 0) is 11.2 Å². The molecule has 1 aromatic carbocycles. The number of carbonyl (C=O) groups is 2. The van der Waals surface area contributed by atoms with Crippen molar-refractivity contribution in [2.24, 2.45) is 0 Å². The molecule has 1 atom stereocenters. The molecule has 4 rings (SSSR count). The van der Waals surface area contributed by atoms with E-state index in [1.807, 2.05) is 41.9 Å². The first-order valence-corrected chi connectivity index (χ1v) is 9.28. The number of para-hydroxylation sites is 1. The van der Waals surface area contributed by atoms with Gasteiger partial charge in [-0.3, -0.25) is 9.59 Å². The van der Waals surface area contributed by atoms with Crippen molar-refractivity contribution >= 4 is 34.1 Å². The van der Waals surface area contributed by atoms with Gasteiger partial charge in [0.05, 0.1) is 4.88 Å². The van der Waals surface area contributed by atoms with E-state index in [9.17, 15) is 9.59 Å². The van der Waals surface area contributed by atoms with Crippen LogP contribution in [0.25, 0.3) is 10.9 Å². The molecule has 5 nitrogen and oxygen atoms in total. The van der Waals surface area contributed by atoms with Crippen molar-refractivity contribution < 1.29 is 9.59 Å². The van der Waals surface area contributed by atoms with Gasteiger partial charge < -0.3 is 15.6 Å². The van der Waals surface area contributed by atoms with Gasteiger partial charge in [-0.1, -0.05) is 24.3 Å². The molecule has 0 bridgehead atoms. The largest absolute Gasteiger partial charge is 0.361 e. The van der Waals surface area contributed by atoms with Crippen LogP contribution in [0.15, 0.2) is 48.0 Å². The van der Waals surface area contributed by atoms with Crippen molar-refractivity contribution in [1.29, 1.82) is 0 Å². The number of hydrogen-bond acceptors (Lipinski definition) is 3. The van der Waals surface area contributed by atoms with Crippen molar-refractivity contribution in [3.8, 4) is 0 Å². The van der Waals surface area contributed by atoms with E-state index in [2.05, 4.69) is 15.6 Å². The molecule has 0 unspecified atom stereocenters. The highest BCUT2D eigenvalue weighted by Gasteiger charge is 2.29. The summed E-state index contributed by atoms with van der Waals surface area (Å²) in [5.74, 6) is -0.316.